The number of rotatable bonds is 4. The van der Waals surface area contributed by atoms with Crippen molar-refractivity contribution in [2.24, 2.45) is 5.11 Å². The summed E-state index contributed by atoms with van der Waals surface area (Å²) in [4.78, 5) is 13.3. The lowest BCUT2D eigenvalue weighted by molar-refractivity contribution is -0.138. The molecule has 7 heteroatoms. The largest absolute Gasteiger partial charge is 0.495 e. The number of methoxy groups -OCH3 is 1. The first-order valence-corrected chi connectivity index (χ1v) is 4.58. The Morgan fingerprint density at radius 2 is 2.38 bits per heavy atom. The number of carbonyl (C=O) groups is 1. The lowest BCUT2D eigenvalue weighted by Gasteiger charge is -2.08. The molecule has 0 unspecified atom stereocenters. The first-order valence-electron chi connectivity index (χ1n) is 4.20. The summed E-state index contributed by atoms with van der Waals surface area (Å²) in [6.07, 6.45) is 0. The molecule has 0 aromatic heterocycles. The zero-order valence-corrected chi connectivity index (χ0v) is 9.05. The van der Waals surface area contributed by atoms with Gasteiger partial charge in [-0.3, -0.25) is 4.79 Å². The van der Waals surface area contributed by atoms with Crippen molar-refractivity contribution in [1.82, 2.24) is 0 Å². The zero-order chi connectivity index (χ0) is 12.1. The molecule has 0 spiro atoms. The molecule has 16 heavy (non-hydrogen) atoms. The molecule has 0 aliphatic rings. The van der Waals surface area contributed by atoms with Crippen molar-refractivity contribution < 1.29 is 14.6 Å². The fraction of sp³-hybridized carbons (Fsp3) is 0.222. The van der Waals surface area contributed by atoms with Gasteiger partial charge in [0.05, 0.1) is 12.1 Å². The van der Waals surface area contributed by atoms with Gasteiger partial charge in [0, 0.05) is 4.91 Å². The first-order chi connectivity index (χ1) is 7.60. The van der Waals surface area contributed by atoms with Gasteiger partial charge in [-0.15, -0.1) is 0 Å². The van der Waals surface area contributed by atoms with E-state index in [0.717, 1.165) is 0 Å². The summed E-state index contributed by atoms with van der Waals surface area (Å²) in [5.74, 6) is -0.811. The standard InChI is InChI=1S/C9H8ClN3O3/c1-16-7-3-2-5(4-6(7)10)8(9(14)15)12-13-11/h2-4,8H,1H3,(H,14,15)/t8-/m1/s1. The maximum atomic E-state index is 10.8. The summed E-state index contributed by atoms with van der Waals surface area (Å²) in [6.45, 7) is 0. The van der Waals surface area contributed by atoms with Crippen molar-refractivity contribution in [3.05, 3.63) is 39.2 Å². The Bertz CT molecular complexity index is 455. The van der Waals surface area contributed by atoms with E-state index in [1.54, 1.807) is 0 Å². The number of aliphatic carboxylic acids is 1. The molecule has 0 bridgehead atoms. The number of benzene rings is 1. The molecule has 0 heterocycles. The fourth-order valence-corrected chi connectivity index (χ4v) is 1.43. The van der Waals surface area contributed by atoms with Crippen LogP contribution in [0.1, 0.15) is 11.6 Å². The molecule has 84 valence electrons. The Morgan fingerprint density at radius 1 is 1.69 bits per heavy atom. The Labute approximate surface area is 96.0 Å². The average Bonchev–Trinajstić information content (AvgIpc) is 2.25. The lowest BCUT2D eigenvalue weighted by Crippen LogP contribution is -2.08. The number of carboxylic acid groups (broad SMARTS) is 1. The van der Waals surface area contributed by atoms with E-state index in [4.69, 9.17) is 27.0 Å². The van der Waals surface area contributed by atoms with Crippen LogP contribution in [0.2, 0.25) is 5.02 Å². The van der Waals surface area contributed by atoms with Crippen molar-refractivity contribution >= 4 is 17.6 Å². The van der Waals surface area contributed by atoms with Gasteiger partial charge in [0.15, 0.2) is 6.04 Å². The molecule has 0 saturated heterocycles. The normalized spacial score (nSPS) is 11.4. The Kier molecular flexibility index (Phi) is 3.99. The second-order valence-corrected chi connectivity index (χ2v) is 3.25. The molecule has 0 saturated carbocycles. The van der Waals surface area contributed by atoms with Crippen LogP contribution in [0.3, 0.4) is 0 Å². The van der Waals surface area contributed by atoms with Crippen LogP contribution in [0.4, 0.5) is 0 Å². The highest BCUT2D eigenvalue weighted by molar-refractivity contribution is 6.32. The van der Waals surface area contributed by atoms with Crippen LogP contribution < -0.4 is 4.74 Å². The van der Waals surface area contributed by atoms with Gasteiger partial charge in [0.2, 0.25) is 0 Å². The van der Waals surface area contributed by atoms with E-state index in [1.807, 2.05) is 0 Å². The molecule has 0 radical (unpaired) electrons. The summed E-state index contributed by atoms with van der Waals surface area (Å²) >= 11 is 5.83. The third kappa shape index (κ3) is 2.56. The second kappa shape index (κ2) is 5.25. The summed E-state index contributed by atoms with van der Waals surface area (Å²) in [6, 6.07) is 3.11. The minimum absolute atomic E-state index is 0.263. The highest BCUT2D eigenvalue weighted by Gasteiger charge is 2.19. The Hall–Kier alpha value is -1.91. The number of carboxylic acids is 1. The van der Waals surface area contributed by atoms with E-state index in [0.29, 0.717) is 11.3 Å². The molecule has 0 fully saturated rings. The van der Waals surface area contributed by atoms with Gasteiger partial charge in [-0.05, 0) is 23.2 Å². The molecule has 1 aromatic rings. The molecule has 0 aliphatic carbocycles. The fourth-order valence-electron chi connectivity index (χ4n) is 1.16. The molecule has 0 aliphatic heterocycles. The third-order valence-corrected chi connectivity index (χ3v) is 2.19. The van der Waals surface area contributed by atoms with Crippen LogP contribution in [0.25, 0.3) is 10.4 Å². The SMILES string of the molecule is COc1ccc([C@@H](N=[N+]=[N-])C(=O)O)cc1Cl. The molecular formula is C9H8ClN3O3. The van der Waals surface area contributed by atoms with Gasteiger partial charge >= 0.3 is 5.97 Å². The molecule has 1 N–H and O–H groups in total. The maximum absolute atomic E-state index is 10.8. The van der Waals surface area contributed by atoms with E-state index in [2.05, 4.69) is 10.0 Å². The molecule has 1 atom stereocenters. The van der Waals surface area contributed by atoms with Gasteiger partial charge in [-0.1, -0.05) is 22.8 Å². The molecule has 0 amide bonds. The van der Waals surface area contributed by atoms with Crippen LogP contribution in [-0.2, 0) is 4.79 Å². The van der Waals surface area contributed by atoms with Crippen molar-refractivity contribution in [2.75, 3.05) is 7.11 Å². The summed E-state index contributed by atoms with van der Waals surface area (Å²) < 4.78 is 4.92. The number of hydrogen-bond acceptors (Lipinski definition) is 3. The third-order valence-electron chi connectivity index (χ3n) is 1.89. The van der Waals surface area contributed by atoms with Crippen molar-refractivity contribution in [1.29, 1.82) is 0 Å². The summed E-state index contributed by atoms with van der Waals surface area (Å²) in [5.41, 5.74) is 8.56. The van der Waals surface area contributed by atoms with E-state index in [9.17, 15) is 4.79 Å². The van der Waals surface area contributed by atoms with Crippen molar-refractivity contribution in [2.45, 2.75) is 6.04 Å². The molecule has 1 rings (SSSR count). The molecular weight excluding hydrogens is 234 g/mol. The minimum atomic E-state index is -1.28. The van der Waals surface area contributed by atoms with E-state index >= 15 is 0 Å². The van der Waals surface area contributed by atoms with Crippen molar-refractivity contribution in [3.63, 3.8) is 0 Å². The summed E-state index contributed by atoms with van der Waals surface area (Å²) in [7, 11) is 1.45. The quantitative estimate of drug-likeness (QED) is 0.499. The predicted octanol–water partition coefficient (Wildman–Crippen LogP) is 2.78. The monoisotopic (exact) mass is 241 g/mol. The van der Waals surface area contributed by atoms with E-state index in [-0.39, 0.29) is 5.02 Å². The average molecular weight is 242 g/mol. The number of halogens is 1. The number of hydrogen-bond donors (Lipinski definition) is 1. The predicted molar refractivity (Wildman–Crippen MR) is 57.5 cm³/mol. The highest BCUT2D eigenvalue weighted by atomic mass is 35.5. The first kappa shape index (κ1) is 12.2. The van der Waals surface area contributed by atoms with Crippen LogP contribution in [0.15, 0.2) is 23.3 Å². The van der Waals surface area contributed by atoms with Crippen LogP contribution in [0, 0.1) is 0 Å². The number of azide groups is 1. The van der Waals surface area contributed by atoms with Gasteiger partial charge < -0.3 is 9.84 Å². The van der Waals surface area contributed by atoms with Gasteiger partial charge in [0.1, 0.15) is 5.75 Å². The van der Waals surface area contributed by atoms with Gasteiger partial charge in [-0.2, -0.15) is 0 Å². The lowest BCUT2D eigenvalue weighted by atomic mass is 10.1. The second-order valence-electron chi connectivity index (χ2n) is 2.84. The van der Waals surface area contributed by atoms with Crippen LogP contribution in [-0.4, -0.2) is 18.2 Å². The zero-order valence-electron chi connectivity index (χ0n) is 8.29. The van der Waals surface area contributed by atoms with Gasteiger partial charge in [-0.25, -0.2) is 0 Å². The maximum Gasteiger partial charge on any atom is 0.316 e. The summed E-state index contributed by atoms with van der Waals surface area (Å²) in [5, 5.41) is 12.3. The smallest absolute Gasteiger partial charge is 0.316 e. The highest BCUT2D eigenvalue weighted by Crippen LogP contribution is 2.29. The Balaban J connectivity index is 3.16. The Morgan fingerprint density at radius 3 is 2.81 bits per heavy atom. The van der Waals surface area contributed by atoms with E-state index < -0.39 is 12.0 Å². The number of nitrogens with zero attached hydrogens (tertiary/aromatic N) is 3. The van der Waals surface area contributed by atoms with Crippen molar-refractivity contribution in [3.8, 4) is 5.75 Å². The molecule has 6 nitrogen and oxygen atoms in total. The topological polar surface area (TPSA) is 95.3 Å². The van der Waals surface area contributed by atoms with E-state index in [1.165, 1.54) is 25.3 Å². The van der Waals surface area contributed by atoms with Crippen LogP contribution in [0.5, 0.6) is 5.75 Å². The molecule has 1 aromatic carbocycles. The van der Waals surface area contributed by atoms with Crippen LogP contribution >= 0.6 is 11.6 Å². The van der Waals surface area contributed by atoms with Gasteiger partial charge in [0.25, 0.3) is 0 Å². The minimum Gasteiger partial charge on any atom is -0.495 e. The number of ether oxygens (including phenoxy) is 1.